The summed E-state index contributed by atoms with van der Waals surface area (Å²) in [5, 5.41) is 13.0. The van der Waals surface area contributed by atoms with Crippen molar-refractivity contribution in [2.24, 2.45) is 0 Å². The number of amides is 1. The van der Waals surface area contributed by atoms with Crippen LogP contribution in [0.15, 0.2) is 48.7 Å². The molecular formula is C24H24ClFN4O2. The van der Waals surface area contributed by atoms with E-state index < -0.39 is 11.7 Å². The predicted molar refractivity (Wildman–Crippen MR) is 122 cm³/mol. The number of nitrogens with zero attached hydrogens (tertiary/aromatic N) is 2. The first-order valence-corrected chi connectivity index (χ1v) is 10.9. The lowest BCUT2D eigenvalue weighted by Gasteiger charge is -2.25. The number of nitrogens with one attached hydrogen (secondary N) is 1. The van der Waals surface area contributed by atoms with Crippen LogP contribution in [0.3, 0.4) is 0 Å². The summed E-state index contributed by atoms with van der Waals surface area (Å²) in [5.74, 6) is -0.810. The Labute approximate surface area is 190 Å². The van der Waals surface area contributed by atoms with Crippen LogP contribution in [0.25, 0.3) is 11.3 Å². The van der Waals surface area contributed by atoms with Gasteiger partial charge in [0.1, 0.15) is 17.3 Å². The van der Waals surface area contributed by atoms with Gasteiger partial charge in [-0.15, -0.1) is 0 Å². The lowest BCUT2D eigenvalue weighted by atomic mass is 9.85. The molecule has 0 spiro atoms. The molecule has 8 heteroatoms. The van der Waals surface area contributed by atoms with Crippen LogP contribution < -0.4 is 11.1 Å². The topological polar surface area (TPSA) is 101 Å². The van der Waals surface area contributed by atoms with Crippen molar-refractivity contribution in [3.8, 4) is 11.3 Å². The maximum atomic E-state index is 14.8. The van der Waals surface area contributed by atoms with E-state index in [4.69, 9.17) is 17.3 Å². The Kier molecular flexibility index (Phi) is 6.67. The van der Waals surface area contributed by atoms with Gasteiger partial charge in [0.05, 0.1) is 23.6 Å². The summed E-state index contributed by atoms with van der Waals surface area (Å²) in [6.45, 7) is 0.233. The number of nitrogen functional groups attached to an aromatic ring is 1. The highest BCUT2D eigenvalue weighted by Gasteiger charge is 2.23. The number of carbonyl (C=O) groups excluding carboxylic acids is 1. The Balaban J connectivity index is 1.51. The molecule has 0 bridgehead atoms. The van der Waals surface area contributed by atoms with E-state index >= 15 is 0 Å². The summed E-state index contributed by atoms with van der Waals surface area (Å²) in [7, 11) is 0. The van der Waals surface area contributed by atoms with Crippen LogP contribution in [0.5, 0.6) is 0 Å². The Hall–Kier alpha value is -3.03. The quantitative estimate of drug-likeness (QED) is 0.528. The fourth-order valence-corrected chi connectivity index (χ4v) is 4.18. The maximum absolute atomic E-state index is 14.8. The lowest BCUT2D eigenvalue weighted by molar-refractivity contribution is 0.0947. The number of aliphatic hydroxyl groups is 1. The fraction of sp³-hybridized carbons (Fsp3) is 0.292. The lowest BCUT2D eigenvalue weighted by Crippen LogP contribution is -2.23. The van der Waals surface area contributed by atoms with E-state index in [0.29, 0.717) is 16.3 Å². The molecule has 0 atom stereocenters. The number of aliphatic hydroxyl groups excluding tert-OH is 1. The van der Waals surface area contributed by atoms with E-state index in [1.54, 1.807) is 30.5 Å². The van der Waals surface area contributed by atoms with E-state index in [9.17, 15) is 14.3 Å². The van der Waals surface area contributed by atoms with Gasteiger partial charge in [0.25, 0.3) is 5.91 Å². The standard InChI is InChI=1S/C24H24ClFN4O2/c25-17-3-1-2-14(10-17)12-29-24(32)19-9-6-16(11-20(19)26)22-23(27)28-13-21(30-22)15-4-7-18(31)8-5-15/h1-3,6,9-11,13,15,18,31H,4-5,7-8,12H2,(H2,27,28)(H,29,32). The number of aromatic nitrogens is 2. The van der Waals surface area contributed by atoms with Crippen molar-refractivity contribution in [3.63, 3.8) is 0 Å². The molecule has 1 amide bonds. The summed E-state index contributed by atoms with van der Waals surface area (Å²) >= 11 is 5.95. The molecule has 1 heterocycles. The van der Waals surface area contributed by atoms with Gasteiger partial charge in [0.15, 0.2) is 0 Å². The summed E-state index contributed by atoms with van der Waals surface area (Å²) < 4.78 is 14.8. The van der Waals surface area contributed by atoms with Crippen molar-refractivity contribution >= 4 is 23.3 Å². The van der Waals surface area contributed by atoms with Gasteiger partial charge < -0.3 is 16.2 Å². The first kappa shape index (κ1) is 22.2. The van der Waals surface area contributed by atoms with Crippen LogP contribution in [0, 0.1) is 5.82 Å². The van der Waals surface area contributed by atoms with E-state index in [1.165, 1.54) is 12.1 Å². The number of rotatable bonds is 5. The summed E-state index contributed by atoms with van der Waals surface area (Å²) in [6.07, 6.45) is 4.46. The van der Waals surface area contributed by atoms with Crippen molar-refractivity contribution < 1.29 is 14.3 Å². The molecule has 1 fully saturated rings. The summed E-state index contributed by atoms with van der Waals surface area (Å²) in [6, 6.07) is 11.4. The first-order chi connectivity index (χ1) is 15.4. The Morgan fingerprint density at radius 1 is 1.19 bits per heavy atom. The third kappa shape index (κ3) is 5.06. The van der Waals surface area contributed by atoms with E-state index in [1.807, 2.05) is 6.07 Å². The van der Waals surface area contributed by atoms with E-state index in [-0.39, 0.29) is 29.9 Å². The molecule has 3 aromatic rings. The molecular weight excluding hydrogens is 431 g/mol. The van der Waals surface area contributed by atoms with Gasteiger partial charge in [0, 0.05) is 23.0 Å². The normalized spacial score (nSPS) is 18.3. The van der Waals surface area contributed by atoms with Gasteiger partial charge in [-0.3, -0.25) is 4.79 Å². The second-order valence-corrected chi connectivity index (χ2v) is 8.48. The number of nitrogens with two attached hydrogens (primary N) is 1. The minimum absolute atomic E-state index is 0.0697. The van der Waals surface area contributed by atoms with Crippen molar-refractivity contribution in [2.45, 2.75) is 44.2 Å². The molecule has 1 saturated carbocycles. The van der Waals surface area contributed by atoms with Crippen LogP contribution in [-0.4, -0.2) is 27.1 Å². The maximum Gasteiger partial charge on any atom is 0.254 e. The molecule has 0 radical (unpaired) electrons. The SMILES string of the molecule is Nc1ncc(C2CCC(O)CC2)nc1-c1ccc(C(=O)NCc2cccc(Cl)c2)c(F)c1. The van der Waals surface area contributed by atoms with Crippen LogP contribution in [-0.2, 0) is 6.54 Å². The van der Waals surface area contributed by atoms with Gasteiger partial charge in [-0.05, 0) is 55.5 Å². The first-order valence-electron chi connectivity index (χ1n) is 10.5. The predicted octanol–water partition coefficient (Wildman–Crippen LogP) is 4.47. The molecule has 0 saturated heterocycles. The average Bonchev–Trinajstić information content (AvgIpc) is 2.78. The van der Waals surface area contributed by atoms with Gasteiger partial charge in [0.2, 0.25) is 0 Å². The van der Waals surface area contributed by atoms with Crippen molar-refractivity contribution in [1.29, 1.82) is 0 Å². The molecule has 6 nitrogen and oxygen atoms in total. The molecule has 1 aromatic heterocycles. The molecule has 1 aliphatic carbocycles. The van der Waals surface area contributed by atoms with Crippen LogP contribution in [0.4, 0.5) is 10.2 Å². The van der Waals surface area contributed by atoms with E-state index in [0.717, 1.165) is 36.9 Å². The Morgan fingerprint density at radius 3 is 2.69 bits per heavy atom. The average molecular weight is 455 g/mol. The minimum Gasteiger partial charge on any atom is -0.393 e. The van der Waals surface area contributed by atoms with Crippen LogP contribution in [0.2, 0.25) is 5.02 Å². The van der Waals surface area contributed by atoms with Crippen molar-refractivity contribution in [2.75, 3.05) is 5.73 Å². The zero-order chi connectivity index (χ0) is 22.7. The number of halogens is 2. The van der Waals surface area contributed by atoms with Gasteiger partial charge >= 0.3 is 0 Å². The highest BCUT2D eigenvalue weighted by atomic mass is 35.5. The molecule has 32 heavy (non-hydrogen) atoms. The zero-order valence-corrected chi connectivity index (χ0v) is 18.1. The second kappa shape index (κ2) is 9.63. The van der Waals surface area contributed by atoms with Crippen LogP contribution in [0.1, 0.15) is 53.2 Å². The second-order valence-electron chi connectivity index (χ2n) is 8.04. The monoisotopic (exact) mass is 454 g/mol. The zero-order valence-electron chi connectivity index (χ0n) is 17.4. The highest BCUT2D eigenvalue weighted by molar-refractivity contribution is 6.30. The summed E-state index contributed by atoms with van der Waals surface area (Å²) in [5.41, 5.74) is 8.39. The number of benzene rings is 2. The highest BCUT2D eigenvalue weighted by Crippen LogP contribution is 2.33. The molecule has 166 valence electrons. The smallest absolute Gasteiger partial charge is 0.254 e. The van der Waals surface area contributed by atoms with Crippen molar-refractivity contribution in [1.82, 2.24) is 15.3 Å². The number of carbonyl (C=O) groups is 1. The largest absolute Gasteiger partial charge is 0.393 e. The number of hydrogen-bond donors (Lipinski definition) is 3. The van der Waals surface area contributed by atoms with Gasteiger partial charge in [-0.1, -0.05) is 29.8 Å². The van der Waals surface area contributed by atoms with Crippen molar-refractivity contribution in [3.05, 3.63) is 76.3 Å². The molecule has 0 unspecified atom stereocenters. The molecule has 1 aliphatic rings. The van der Waals surface area contributed by atoms with E-state index in [2.05, 4.69) is 15.3 Å². The fourth-order valence-electron chi connectivity index (χ4n) is 3.96. The number of anilines is 1. The molecule has 2 aromatic carbocycles. The third-order valence-electron chi connectivity index (χ3n) is 5.76. The minimum atomic E-state index is -0.668. The Bertz CT molecular complexity index is 1130. The van der Waals surface area contributed by atoms with Crippen LogP contribution >= 0.6 is 11.6 Å². The Morgan fingerprint density at radius 2 is 1.97 bits per heavy atom. The number of hydrogen-bond acceptors (Lipinski definition) is 5. The third-order valence-corrected chi connectivity index (χ3v) is 6.00. The molecule has 4 N–H and O–H groups in total. The van der Waals surface area contributed by atoms with Gasteiger partial charge in [-0.2, -0.15) is 0 Å². The molecule has 0 aliphatic heterocycles. The van der Waals surface area contributed by atoms with Gasteiger partial charge in [-0.25, -0.2) is 14.4 Å². The summed E-state index contributed by atoms with van der Waals surface area (Å²) in [4.78, 5) is 21.4. The molecule has 4 rings (SSSR count).